The normalized spacial score (nSPS) is 21.5. The van der Waals surface area contributed by atoms with Crippen molar-refractivity contribution < 1.29 is 15.0 Å². The maximum atomic E-state index is 11.0. The van der Waals surface area contributed by atoms with Gasteiger partial charge in [-0.2, -0.15) is 5.26 Å². The van der Waals surface area contributed by atoms with Crippen LogP contribution in [-0.2, 0) is 0 Å². The third-order valence-corrected chi connectivity index (χ3v) is 4.90. The number of carboxylic acids is 1. The van der Waals surface area contributed by atoms with E-state index in [-0.39, 0.29) is 11.5 Å². The van der Waals surface area contributed by atoms with Gasteiger partial charge in [0.15, 0.2) is 0 Å². The highest BCUT2D eigenvalue weighted by atomic mass is 16.4. The summed E-state index contributed by atoms with van der Waals surface area (Å²) in [6.07, 6.45) is 4.21. The molecule has 4 nitrogen and oxygen atoms in total. The molecule has 0 aliphatic heterocycles. The summed E-state index contributed by atoms with van der Waals surface area (Å²) < 4.78 is 0. The Labute approximate surface area is 129 Å². The lowest BCUT2D eigenvalue weighted by Crippen LogP contribution is -2.48. The molecule has 0 saturated heterocycles. The Bertz CT molecular complexity index is 714. The molecule has 2 saturated carbocycles. The van der Waals surface area contributed by atoms with Gasteiger partial charge in [0, 0.05) is 11.5 Å². The van der Waals surface area contributed by atoms with E-state index in [0.717, 1.165) is 19.3 Å². The van der Waals surface area contributed by atoms with Crippen molar-refractivity contribution in [1.82, 2.24) is 0 Å². The first-order chi connectivity index (χ1) is 10.5. The van der Waals surface area contributed by atoms with E-state index in [4.69, 9.17) is 5.11 Å². The van der Waals surface area contributed by atoms with Crippen LogP contribution in [0.25, 0.3) is 0 Å². The van der Waals surface area contributed by atoms with Crippen molar-refractivity contribution in [3.63, 3.8) is 0 Å². The molecule has 0 spiro atoms. The highest BCUT2D eigenvalue weighted by Crippen LogP contribution is 2.59. The van der Waals surface area contributed by atoms with E-state index in [9.17, 15) is 15.2 Å². The van der Waals surface area contributed by atoms with Gasteiger partial charge in [0.25, 0.3) is 0 Å². The van der Waals surface area contributed by atoms with Gasteiger partial charge in [-0.15, -0.1) is 0 Å². The van der Waals surface area contributed by atoms with Gasteiger partial charge in [-0.3, -0.25) is 0 Å². The van der Waals surface area contributed by atoms with Gasteiger partial charge >= 0.3 is 5.97 Å². The fourth-order valence-electron chi connectivity index (χ4n) is 3.04. The lowest BCUT2D eigenvalue weighted by Gasteiger charge is -2.41. The minimum absolute atomic E-state index is 0.0461. The molecule has 2 aliphatic carbocycles. The molecule has 1 atom stereocenters. The quantitative estimate of drug-likeness (QED) is 0.840. The Balaban J connectivity index is 1.94. The first kappa shape index (κ1) is 14.6. The van der Waals surface area contributed by atoms with E-state index in [1.807, 2.05) is 0 Å². The number of hydrogen-bond acceptors (Lipinski definition) is 3. The lowest BCUT2D eigenvalue weighted by atomic mass is 9.66. The van der Waals surface area contributed by atoms with Crippen LogP contribution >= 0.6 is 0 Å². The van der Waals surface area contributed by atoms with Crippen LogP contribution in [0.15, 0.2) is 24.3 Å². The third-order valence-electron chi connectivity index (χ3n) is 4.90. The van der Waals surface area contributed by atoms with Gasteiger partial charge in [0.05, 0.1) is 17.0 Å². The summed E-state index contributed by atoms with van der Waals surface area (Å²) in [6.45, 7) is 0. The number of rotatable bonds is 3. The number of aromatic carboxylic acids is 1. The van der Waals surface area contributed by atoms with Gasteiger partial charge in [0.1, 0.15) is 5.60 Å². The maximum absolute atomic E-state index is 11.0. The minimum atomic E-state index is -1.28. The Morgan fingerprint density at radius 3 is 2.59 bits per heavy atom. The SMILES string of the molecule is N#CC1([C@](O)(C#Cc2cccc(C(=O)O)c2)C2CCC2)CC1. The fraction of sp³-hybridized carbons (Fsp3) is 0.444. The summed E-state index contributed by atoms with van der Waals surface area (Å²) in [7, 11) is 0. The Hall–Kier alpha value is -2.30. The molecule has 2 N–H and O–H groups in total. The fourth-order valence-corrected chi connectivity index (χ4v) is 3.04. The lowest BCUT2D eigenvalue weighted by molar-refractivity contribution is -0.0404. The van der Waals surface area contributed by atoms with Gasteiger partial charge in [0.2, 0.25) is 0 Å². The smallest absolute Gasteiger partial charge is 0.335 e. The van der Waals surface area contributed by atoms with Crippen molar-refractivity contribution in [2.45, 2.75) is 37.7 Å². The number of nitrogens with zero attached hydrogens (tertiary/aromatic N) is 1. The third kappa shape index (κ3) is 2.26. The van der Waals surface area contributed by atoms with Crippen LogP contribution in [0.4, 0.5) is 0 Å². The van der Waals surface area contributed by atoms with Gasteiger partial charge in [-0.25, -0.2) is 4.79 Å². The molecular formula is C18H17NO3. The molecule has 3 rings (SSSR count). The van der Waals surface area contributed by atoms with Gasteiger partial charge in [-0.05, 0) is 43.9 Å². The van der Waals surface area contributed by atoms with Crippen LogP contribution in [0.2, 0.25) is 0 Å². The van der Waals surface area contributed by atoms with Gasteiger partial charge < -0.3 is 10.2 Å². The summed E-state index contributed by atoms with van der Waals surface area (Å²) in [4.78, 5) is 11.0. The molecular weight excluding hydrogens is 278 g/mol. The summed E-state index contributed by atoms with van der Waals surface area (Å²) >= 11 is 0. The summed E-state index contributed by atoms with van der Waals surface area (Å²) in [5.41, 5.74) is -1.30. The van der Waals surface area contributed by atoms with Crippen molar-refractivity contribution in [3.05, 3.63) is 35.4 Å². The zero-order valence-corrected chi connectivity index (χ0v) is 12.2. The van der Waals surface area contributed by atoms with Crippen molar-refractivity contribution in [3.8, 4) is 17.9 Å². The molecule has 0 aromatic heterocycles. The number of carbonyl (C=O) groups is 1. The van der Waals surface area contributed by atoms with Crippen LogP contribution < -0.4 is 0 Å². The molecule has 0 bridgehead atoms. The molecule has 2 fully saturated rings. The Kier molecular flexibility index (Phi) is 3.43. The number of hydrogen-bond donors (Lipinski definition) is 2. The zero-order valence-electron chi connectivity index (χ0n) is 12.2. The van der Waals surface area contributed by atoms with Crippen LogP contribution in [0.3, 0.4) is 0 Å². The summed E-state index contributed by atoms with van der Waals surface area (Å²) in [5, 5.41) is 29.5. The predicted octanol–water partition coefficient (Wildman–Crippen LogP) is 2.57. The molecule has 1 aromatic rings. The monoisotopic (exact) mass is 295 g/mol. The van der Waals surface area contributed by atoms with E-state index < -0.39 is 17.0 Å². The molecule has 4 heteroatoms. The molecule has 0 heterocycles. The van der Waals surface area contributed by atoms with E-state index in [0.29, 0.717) is 18.4 Å². The largest absolute Gasteiger partial charge is 0.478 e. The molecule has 1 aromatic carbocycles. The molecule has 0 unspecified atom stereocenters. The number of benzene rings is 1. The van der Waals surface area contributed by atoms with Crippen LogP contribution in [-0.4, -0.2) is 21.8 Å². The molecule has 0 radical (unpaired) electrons. The van der Waals surface area contributed by atoms with Crippen LogP contribution in [0, 0.1) is 34.5 Å². The maximum Gasteiger partial charge on any atom is 0.335 e. The molecule has 22 heavy (non-hydrogen) atoms. The van der Waals surface area contributed by atoms with E-state index in [2.05, 4.69) is 17.9 Å². The summed E-state index contributed by atoms with van der Waals surface area (Å²) in [5.74, 6) is 4.86. The highest BCUT2D eigenvalue weighted by Gasteiger charge is 2.63. The first-order valence-electron chi connectivity index (χ1n) is 7.51. The van der Waals surface area contributed by atoms with Crippen LogP contribution in [0.5, 0.6) is 0 Å². The molecule has 0 amide bonds. The standard InChI is InChI=1S/C18H17NO3/c19-12-17(9-10-17)18(22,15-5-2-6-15)8-7-13-3-1-4-14(11-13)16(20)21/h1,3-4,11,15,22H,2,5-6,9-10H2,(H,20,21)/t18-/m0/s1. The average molecular weight is 295 g/mol. The van der Waals surface area contributed by atoms with E-state index in [1.165, 1.54) is 12.1 Å². The van der Waals surface area contributed by atoms with Crippen molar-refractivity contribution in [2.24, 2.45) is 11.3 Å². The Morgan fingerprint density at radius 1 is 1.36 bits per heavy atom. The van der Waals surface area contributed by atoms with Crippen molar-refractivity contribution >= 4 is 5.97 Å². The molecule has 112 valence electrons. The summed E-state index contributed by atoms with van der Waals surface area (Å²) in [6, 6.07) is 8.60. The Morgan fingerprint density at radius 2 is 2.09 bits per heavy atom. The molecule has 2 aliphatic rings. The second-order valence-electron chi connectivity index (χ2n) is 6.22. The highest BCUT2D eigenvalue weighted by molar-refractivity contribution is 5.88. The van der Waals surface area contributed by atoms with E-state index in [1.54, 1.807) is 12.1 Å². The number of nitriles is 1. The van der Waals surface area contributed by atoms with Crippen molar-refractivity contribution in [2.75, 3.05) is 0 Å². The zero-order chi connectivity index (χ0) is 15.8. The minimum Gasteiger partial charge on any atom is -0.478 e. The number of aliphatic hydroxyl groups is 1. The number of carboxylic acid groups (broad SMARTS) is 1. The van der Waals surface area contributed by atoms with Crippen molar-refractivity contribution in [1.29, 1.82) is 5.26 Å². The second kappa shape index (κ2) is 5.16. The predicted molar refractivity (Wildman–Crippen MR) is 79.9 cm³/mol. The van der Waals surface area contributed by atoms with Crippen LogP contribution in [0.1, 0.15) is 48.0 Å². The van der Waals surface area contributed by atoms with Gasteiger partial charge in [-0.1, -0.05) is 24.3 Å². The topological polar surface area (TPSA) is 81.3 Å². The average Bonchev–Trinajstić information content (AvgIpc) is 3.25. The first-order valence-corrected chi connectivity index (χ1v) is 7.51. The van der Waals surface area contributed by atoms with E-state index >= 15 is 0 Å². The second-order valence-corrected chi connectivity index (χ2v) is 6.22.